The highest BCUT2D eigenvalue weighted by molar-refractivity contribution is 5.92. The van der Waals surface area contributed by atoms with Crippen molar-refractivity contribution in [2.24, 2.45) is 0 Å². The standard InChI is InChI=1S/C15H16O4/c1-16-10-3-4-11-12(15-18-7-8-19-15)5-6-14(17-2)13(11)9-10/h3-6,9,15H,7-8H2,1-2H3. The van der Waals surface area contributed by atoms with Gasteiger partial charge in [0.1, 0.15) is 11.5 Å². The minimum absolute atomic E-state index is 0.290. The Hall–Kier alpha value is -1.78. The van der Waals surface area contributed by atoms with E-state index in [4.69, 9.17) is 18.9 Å². The lowest BCUT2D eigenvalue weighted by Gasteiger charge is -2.15. The highest BCUT2D eigenvalue weighted by Crippen LogP contribution is 2.36. The van der Waals surface area contributed by atoms with Gasteiger partial charge in [-0.15, -0.1) is 0 Å². The molecular formula is C15H16O4. The second-order valence-electron chi connectivity index (χ2n) is 4.34. The zero-order valence-corrected chi connectivity index (χ0v) is 11.0. The third-order valence-electron chi connectivity index (χ3n) is 3.31. The summed E-state index contributed by atoms with van der Waals surface area (Å²) < 4.78 is 21.8. The molecule has 0 atom stereocenters. The van der Waals surface area contributed by atoms with Crippen LogP contribution in [0.15, 0.2) is 30.3 Å². The van der Waals surface area contributed by atoms with Crippen molar-refractivity contribution in [2.75, 3.05) is 27.4 Å². The molecule has 0 spiro atoms. The smallest absolute Gasteiger partial charge is 0.184 e. The minimum atomic E-state index is -0.290. The van der Waals surface area contributed by atoms with Crippen LogP contribution in [0.4, 0.5) is 0 Å². The molecule has 1 aliphatic heterocycles. The molecule has 4 heteroatoms. The fourth-order valence-electron chi connectivity index (χ4n) is 2.37. The molecule has 0 saturated carbocycles. The minimum Gasteiger partial charge on any atom is -0.497 e. The molecule has 4 nitrogen and oxygen atoms in total. The van der Waals surface area contributed by atoms with E-state index in [0.29, 0.717) is 13.2 Å². The zero-order chi connectivity index (χ0) is 13.2. The highest BCUT2D eigenvalue weighted by Gasteiger charge is 2.21. The molecule has 3 rings (SSSR count). The normalized spacial score (nSPS) is 15.9. The van der Waals surface area contributed by atoms with Crippen LogP contribution in [0, 0.1) is 0 Å². The Bertz CT molecular complexity index is 588. The van der Waals surface area contributed by atoms with E-state index < -0.39 is 0 Å². The number of hydrogen-bond acceptors (Lipinski definition) is 4. The van der Waals surface area contributed by atoms with Crippen molar-refractivity contribution in [1.82, 2.24) is 0 Å². The van der Waals surface area contributed by atoms with E-state index in [1.54, 1.807) is 14.2 Å². The Balaban J connectivity index is 2.18. The van der Waals surface area contributed by atoms with Crippen LogP contribution < -0.4 is 9.47 Å². The van der Waals surface area contributed by atoms with Gasteiger partial charge in [-0.25, -0.2) is 0 Å². The number of rotatable bonds is 3. The number of fused-ring (bicyclic) bond motifs is 1. The van der Waals surface area contributed by atoms with Crippen molar-refractivity contribution in [3.8, 4) is 11.5 Å². The second kappa shape index (κ2) is 5.07. The maximum atomic E-state index is 5.58. The van der Waals surface area contributed by atoms with Gasteiger partial charge in [0.15, 0.2) is 6.29 Å². The van der Waals surface area contributed by atoms with Crippen molar-refractivity contribution < 1.29 is 18.9 Å². The van der Waals surface area contributed by atoms with Crippen LogP contribution in [0.3, 0.4) is 0 Å². The van der Waals surface area contributed by atoms with Crippen LogP contribution in [0.25, 0.3) is 10.8 Å². The van der Waals surface area contributed by atoms with Gasteiger partial charge in [-0.05, 0) is 29.7 Å². The number of methoxy groups -OCH3 is 2. The topological polar surface area (TPSA) is 36.9 Å². The summed E-state index contributed by atoms with van der Waals surface area (Å²) in [4.78, 5) is 0. The number of benzene rings is 2. The van der Waals surface area contributed by atoms with E-state index in [0.717, 1.165) is 27.8 Å². The van der Waals surface area contributed by atoms with Gasteiger partial charge in [0.25, 0.3) is 0 Å². The quantitative estimate of drug-likeness (QED) is 0.850. The average molecular weight is 260 g/mol. The fourth-order valence-corrected chi connectivity index (χ4v) is 2.37. The molecule has 2 aromatic rings. The van der Waals surface area contributed by atoms with E-state index in [2.05, 4.69) is 0 Å². The molecule has 19 heavy (non-hydrogen) atoms. The van der Waals surface area contributed by atoms with Crippen LogP contribution in [-0.2, 0) is 9.47 Å². The molecule has 0 aliphatic carbocycles. The van der Waals surface area contributed by atoms with Crippen molar-refractivity contribution in [1.29, 1.82) is 0 Å². The summed E-state index contributed by atoms with van der Waals surface area (Å²) in [6.45, 7) is 1.27. The zero-order valence-electron chi connectivity index (χ0n) is 11.0. The Kier molecular flexibility index (Phi) is 3.27. The summed E-state index contributed by atoms with van der Waals surface area (Å²) >= 11 is 0. The van der Waals surface area contributed by atoms with Gasteiger partial charge in [-0.3, -0.25) is 0 Å². The molecule has 1 heterocycles. The van der Waals surface area contributed by atoms with Crippen molar-refractivity contribution in [2.45, 2.75) is 6.29 Å². The van der Waals surface area contributed by atoms with Crippen molar-refractivity contribution >= 4 is 10.8 Å². The Labute approximate surface area is 111 Å². The fraction of sp³-hybridized carbons (Fsp3) is 0.333. The summed E-state index contributed by atoms with van der Waals surface area (Å²) in [6.07, 6.45) is -0.290. The predicted molar refractivity (Wildman–Crippen MR) is 71.7 cm³/mol. The van der Waals surface area contributed by atoms with Gasteiger partial charge >= 0.3 is 0 Å². The van der Waals surface area contributed by atoms with E-state index in [-0.39, 0.29) is 6.29 Å². The largest absolute Gasteiger partial charge is 0.497 e. The van der Waals surface area contributed by atoms with Crippen LogP contribution in [0.2, 0.25) is 0 Å². The average Bonchev–Trinajstić information content (AvgIpc) is 2.99. The summed E-state index contributed by atoms with van der Waals surface area (Å²) in [5.74, 6) is 1.62. The molecule has 0 N–H and O–H groups in total. The molecule has 1 fully saturated rings. The summed E-state index contributed by atoms with van der Waals surface area (Å²) in [5, 5.41) is 2.06. The van der Waals surface area contributed by atoms with Gasteiger partial charge in [0.05, 0.1) is 27.4 Å². The maximum Gasteiger partial charge on any atom is 0.184 e. The van der Waals surface area contributed by atoms with E-state index in [1.807, 2.05) is 30.3 Å². The van der Waals surface area contributed by atoms with Crippen LogP contribution in [0.1, 0.15) is 11.9 Å². The predicted octanol–water partition coefficient (Wildman–Crippen LogP) is 2.90. The van der Waals surface area contributed by atoms with Gasteiger partial charge in [-0.1, -0.05) is 6.07 Å². The molecule has 100 valence electrons. The Morgan fingerprint density at radius 3 is 2.42 bits per heavy atom. The first kappa shape index (κ1) is 12.3. The maximum absolute atomic E-state index is 5.58. The third kappa shape index (κ3) is 2.13. The third-order valence-corrected chi connectivity index (χ3v) is 3.31. The highest BCUT2D eigenvalue weighted by atomic mass is 16.7. The molecule has 0 aromatic heterocycles. The Morgan fingerprint density at radius 2 is 1.74 bits per heavy atom. The number of hydrogen-bond donors (Lipinski definition) is 0. The molecule has 0 bridgehead atoms. The summed E-state index contributed by atoms with van der Waals surface area (Å²) in [7, 11) is 3.32. The first-order chi connectivity index (χ1) is 9.33. The van der Waals surface area contributed by atoms with E-state index in [9.17, 15) is 0 Å². The van der Waals surface area contributed by atoms with Gasteiger partial charge < -0.3 is 18.9 Å². The summed E-state index contributed by atoms with van der Waals surface area (Å²) in [6, 6.07) is 9.83. The van der Waals surface area contributed by atoms with Crippen LogP contribution in [-0.4, -0.2) is 27.4 Å². The Morgan fingerprint density at radius 1 is 0.947 bits per heavy atom. The lowest BCUT2D eigenvalue weighted by Crippen LogP contribution is -2.00. The van der Waals surface area contributed by atoms with Gasteiger partial charge in [0, 0.05) is 10.9 Å². The van der Waals surface area contributed by atoms with Crippen molar-refractivity contribution in [3.05, 3.63) is 35.9 Å². The molecule has 0 amide bonds. The molecule has 0 radical (unpaired) electrons. The van der Waals surface area contributed by atoms with E-state index >= 15 is 0 Å². The SMILES string of the molecule is COc1ccc2c(C3OCCO3)ccc(OC)c2c1. The lowest BCUT2D eigenvalue weighted by molar-refractivity contribution is -0.0430. The first-order valence-electron chi connectivity index (χ1n) is 6.21. The van der Waals surface area contributed by atoms with Gasteiger partial charge in [0.2, 0.25) is 0 Å². The van der Waals surface area contributed by atoms with E-state index in [1.165, 1.54) is 0 Å². The van der Waals surface area contributed by atoms with Crippen LogP contribution >= 0.6 is 0 Å². The molecule has 2 aromatic carbocycles. The second-order valence-corrected chi connectivity index (χ2v) is 4.34. The van der Waals surface area contributed by atoms with Crippen LogP contribution in [0.5, 0.6) is 11.5 Å². The molecule has 0 unspecified atom stereocenters. The number of ether oxygens (including phenoxy) is 4. The molecule has 1 aliphatic rings. The van der Waals surface area contributed by atoms with Gasteiger partial charge in [-0.2, -0.15) is 0 Å². The van der Waals surface area contributed by atoms with Crippen molar-refractivity contribution in [3.63, 3.8) is 0 Å². The lowest BCUT2D eigenvalue weighted by atomic mass is 10.0. The molecule has 1 saturated heterocycles. The first-order valence-corrected chi connectivity index (χ1v) is 6.21. The molecular weight excluding hydrogens is 244 g/mol. The monoisotopic (exact) mass is 260 g/mol. The summed E-state index contributed by atoms with van der Waals surface area (Å²) in [5.41, 5.74) is 1.02.